The van der Waals surface area contributed by atoms with E-state index in [0.29, 0.717) is 24.2 Å². The molecule has 0 heterocycles. The van der Waals surface area contributed by atoms with Gasteiger partial charge in [-0.3, -0.25) is 4.79 Å². The largest absolute Gasteiger partial charge is 0.490 e. The van der Waals surface area contributed by atoms with Gasteiger partial charge in [0.2, 0.25) is 0 Å². The summed E-state index contributed by atoms with van der Waals surface area (Å²) >= 11 is 4.28. The van der Waals surface area contributed by atoms with Crippen molar-refractivity contribution in [2.24, 2.45) is 29.6 Å². The van der Waals surface area contributed by atoms with Crippen molar-refractivity contribution in [1.82, 2.24) is 0 Å². The van der Waals surface area contributed by atoms with Crippen molar-refractivity contribution in [2.75, 3.05) is 6.61 Å². The van der Waals surface area contributed by atoms with Crippen LogP contribution in [0.25, 0.3) is 0 Å². The minimum absolute atomic E-state index is 0.00734. The first-order valence-corrected chi connectivity index (χ1v) is 8.77. The Kier molecular flexibility index (Phi) is 5.66. The van der Waals surface area contributed by atoms with E-state index in [1.807, 2.05) is 13.8 Å². The molecule has 2 rings (SSSR count). The first kappa shape index (κ1) is 18.2. The molecular formula is C19H28O3S. The summed E-state index contributed by atoms with van der Waals surface area (Å²) in [4.78, 5) is 12.7. The highest BCUT2D eigenvalue weighted by atomic mass is 32.1. The molecule has 0 saturated heterocycles. The van der Waals surface area contributed by atoms with E-state index < -0.39 is 0 Å². The lowest BCUT2D eigenvalue weighted by Gasteiger charge is -2.39. The number of rotatable bonds is 7. The maximum atomic E-state index is 12.7. The van der Waals surface area contributed by atoms with Gasteiger partial charge in [0.25, 0.3) is 0 Å². The van der Waals surface area contributed by atoms with Gasteiger partial charge in [-0.1, -0.05) is 39.2 Å². The fraction of sp³-hybridized carbons (Fsp3) is 0.632. The molecule has 2 aliphatic carbocycles. The van der Waals surface area contributed by atoms with Gasteiger partial charge in [0, 0.05) is 11.2 Å². The number of hydrogen-bond acceptors (Lipinski definition) is 4. The van der Waals surface area contributed by atoms with E-state index >= 15 is 0 Å². The molecule has 2 fully saturated rings. The number of carbonyl (C=O) groups is 1. The second-order valence-electron chi connectivity index (χ2n) is 7.05. The van der Waals surface area contributed by atoms with E-state index in [0.717, 1.165) is 12.0 Å². The zero-order valence-electron chi connectivity index (χ0n) is 14.3. The minimum Gasteiger partial charge on any atom is -0.490 e. The Morgan fingerprint density at radius 3 is 2.52 bits per heavy atom. The maximum Gasteiger partial charge on any atom is 0.310 e. The van der Waals surface area contributed by atoms with Crippen LogP contribution in [0.2, 0.25) is 0 Å². The molecule has 3 nitrogen and oxygen atoms in total. The van der Waals surface area contributed by atoms with Crippen LogP contribution in [0.4, 0.5) is 0 Å². The summed E-state index contributed by atoms with van der Waals surface area (Å²) in [6, 6.07) is 0. The SMILES string of the molecule is C=CC(=C)OC1C(C)C2CC1C(C(=O)OCC(C)S)C2C(=C)C. The monoisotopic (exact) mass is 336 g/mol. The number of ether oxygens (including phenoxy) is 2. The second-order valence-corrected chi connectivity index (χ2v) is 7.93. The number of hydrogen-bond donors (Lipinski definition) is 1. The van der Waals surface area contributed by atoms with Gasteiger partial charge in [0.15, 0.2) is 0 Å². The van der Waals surface area contributed by atoms with Crippen molar-refractivity contribution < 1.29 is 14.3 Å². The van der Waals surface area contributed by atoms with Gasteiger partial charge in [-0.05, 0) is 37.2 Å². The molecule has 7 atom stereocenters. The Bertz CT molecular complexity index is 511. The number of allylic oxidation sites excluding steroid dienone is 2. The third kappa shape index (κ3) is 3.52. The molecule has 7 unspecified atom stereocenters. The number of fused-ring (bicyclic) bond motifs is 2. The normalized spacial score (nSPS) is 36.3. The van der Waals surface area contributed by atoms with Crippen LogP contribution in [-0.4, -0.2) is 23.9 Å². The summed E-state index contributed by atoms with van der Waals surface area (Å²) in [7, 11) is 0. The van der Waals surface area contributed by atoms with Crippen molar-refractivity contribution in [1.29, 1.82) is 0 Å². The van der Waals surface area contributed by atoms with E-state index in [1.54, 1.807) is 6.08 Å². The molecule has 4 heteroatoms. The molecule has 2 aliphatic rings. The van der Waals surface area contributed by atoms with E-state index in [9.17, 15) is 4.79 Å². The summed E-state index contributed by atoms with van der Waals surface area (Å²) in [5.41, 5.74) is 1.06. The summed E-state index contributed by atoms with van der Waals surface area (Å²) in [5.74, 6) is 1.35. The van der Waals surface area contributed by atoms with E-state index in [1.165, 1.54) is 0 Å². The predicted octanol–water partition coefficient (Wildman–Crippen LogP) is 4.03. The highest BCUT2D eigenvalue weighted by Gasteiger charge is 2.60. The Morgan fingerprint density at radius 2 is 2.00 bits per heavy atom. The molecule has 2 saturated carbocycles. The van der Waals surface area contributed by atoms with E-state index in [-0.39, 0.29) is 35.1 Å². The van der Waals surface area contributed by atoms with Crippen LogP contribution in [-0.2, 0) is 14.3 Å². The Morgan fingerprint density at radius 1 is 1.35 bits per heavy atom. The zero-order valence-corrected chi connectivity index (χ0v) is 15.2. The van der Waals surface area contributed by atoms with Crippen LogP contribution < -0.4 is 0 Å². The third-order valence-corrected chi connectivity index (χ3v) is 5.44. The van der Waals surface area contributed by atoms with Crippen molar-refractivity contribution in [2.45, 2.75) is 38.5 Å². The second kappa shape index (κ2) is 7.16. The first-order valence-electron chi connectivity index (χ1n) is 8.26. The zero-order chi connectivity index (χ0) is 17.3. The summed E-state index contributed by atoms with van der Waals surface area (Å²) in [6.07, 6.45) is 2.58. The van der Waals surface area contributed by atoms with Crippen molar-refractivity contribution >= 4 is 18.6 Å². The smallest absolute Gasteiger partial charge is 0.310 e. The lowest BCUT2D eigenvalue weighted by atomic mass is 9.70. The van der Waals surface area contributed by atoms with Crippen molar-refractivity contribution in [3.63, 3.8) is 0 Å². The lowest BCUT2D eigenvalue weighted by molar-refractivity contribution is -0.155. The minimum atomic E-state index is -0.177. The standard InChI is InChI=1S/C19H28O3S/c1-7-11(4)22-18-13(6)14-8-15(18)17(16(14)10(2)3)19(20)21-9-12(5)23/h7,12-18,23H,1-2,4,8-9H2,3,5-6H3. The highest BCUT2D eigenvalue weighted by Crippen LogP contribution is 2.58. The van der Waals surface area contributed by atoms with Crippen molar-refractivity contribution in [3.8, 4) is 0 Å². The first-order chi connectivity index (χ1) is 10.8. The molecule has 0 aromatic rings. The summed E-state index contributed by atoms with van der Waals surface area (Å²) < 4.78 is 11.5. The van der Waals surface area contributed by atoms with Crippen LogP contribution in [0, 0.1) is 29.6 Å². The van der Waals surface area contributed by atoms with Crippen LogP contribution in [0.1, 0.15) is 27.2 Å². The summed E-state index contributed by atoms with van der Waals surface area (Å²) in [5, 5.41) is 0.0346. The van der Waals surface area contributed by atoms with E-state index in [4.69, 9.17) is 9.47 Å². The molecule has 0 radical (unpaired) electrons. The fourth-order valence-electron chi connectivity index (χ4n) is 4.36. The van der Waals surface area contributed by atoms with Crippen LogP contribution in [0.15, 0.2) is 37.1 Å². The average molecular weight is 336 g/mol. The molecule has 0 N–H and O–H groups in total. The van der Waals surface area contributed by atoms with Gasteiger partial charge in [0.1, 0.15) is 18.5 Å². The average Bonchev–Trinajstić information content (AvgIpc) is 3.01. The molecule has 2 bridgehead atoms. The van der Waals surface area contributed by atoms with Gasteiger partial charge in [-0.15, -0.1) is 0 Å². The lowest BCUT2D eigenvalue weighted by Crippen LogP contribution is -2.43. The Hall–Kier alpha value is -1.16. The molecule has 0 aromatic heterocycles. The number of esters is 1. The van der Waals surface area contributed by atoms with Gasteiger partial charge in [-0.2, -0.15) is 12.6 Å². The quantitative estimate of drug-likeness (QED) is 0.251. The maximum absolute atomic E-state index is 12.7. The molecule has 0 aliphatic heterocycles. The number of thiol groups is 1. The molecule has 128 valence electrons. The Labute approximate surface area is 145 Å². The molecule has 0 amide bonds. The van der Waals surface area contributed by atoms with Crippen molar-refractivity contribution in [3.05, 3.63) is 37.1 Å². The third-order valence-electron chi connectivity index (χ3n) is 5.29. The fourth-order valence-corrected chi connectivity index (χ4v) is 4.44. The predicted molar refractivity (Wildman–Crippen MR) is 96.2 cm³/mol. The summed E-state index contributed by atoms with van der Waals surface area (Å²) in [6.45, 7) is 18.1. The van der Waals surface area contributed by atoms with Crippen LogP contribution in [0.5, 0.6) is 0 Å². The van der Waals surface area contributed by atoms with Gasteiger partial charge in [0.05, 0.1) is 5.92 Å². The molecule has 23 heavy (non-hydrogen) atoms. The Balaban J connectivity index is 2.20. The highest BCUT2D eigenvalue weighted by molar-refractivity contribution is 7.80. The van der Waals surface area contributed by atoms with Crippen LogP contribution >= 0.6 is 12.6 Å². The van der Waals surface area contributed by atoms with Gasteiger partial charge >= 0.3 is 5.97 Å². The molecule has 0 aromatic carbocycles. The molecular weight excluding hydrogens is 308 g/mol. The van der Waals surface area contributed by atoms with Crippen LogP contribution in [0.3, 0.4) is 0 Å². The van der Waals surface area contributed by atoms with Gasteiger partial charge < -0.3 is 9.47 Å². The van der Waals surface area contributed by atoms with Gasteiger partial charge in [-0.25, -0.2) is 0 Å². The number of carbonyl (C=O) groups excluding carboxylic acids is 1. The van der Waals surface area contributed by atoms with E-state index in [2.05, 4.69) is 39.3 Å². The molecule has 0 spiro atoms. The topological polar surface area (TPSA) is 35.5 Å².